The van der Waals surface area contributed by atoms with Crippen LogP contribution in [0, 0.1) is 0 Å². The number of benzene rings is 2. The zero-order valence-corrected chi connectivity index (χ0v) is 14.2. The van der Waals surface area contributed by atoms with Crippen LogP contribution < -0.4 is 14.8 Å². The predicted molar refractivity (Wildman–Crippen MR) is 92.5 cm³/mol. The third kappa shape index (κ3) is 4.63. The minimum atomic E-state index is -0.622. The van der Waals surface area contributed by atoms with Gasteiger partial charge in [-0.2, -0.15) is 0 Å². The second kappa shape index (κ2) is 7.88. The van der Waals surface area contributed by atoms with Gasteiger partial charge in [-0.05, 0) is 49.2 Å². The van der Waals surface area contributed by atoms with Crippen LogP contribution in [0.3, 0.4) is 0 Å². The molecule has 0 fully saturated rings. The lowest BCUT2D eigenvalue weighted by atomic mass is 10.2. The Morgan fingerprint density at radius 3 is 2.70 bits per heavy atom. The smallest absolute Gasteiger partial charge is 0.265 e. The maximum atomic E-state index is 12.2. The van der Waals surface area contributed by atoms with Crippen molar-refractivity contribution in [2.75, 3.05) is 12.4 Å². The molecule has 1 amide bonds. The minimum Gasteiger partial charge on any atom is -0.495 e. The summed E-state index contributed by atoms with van der Waals surface area (Å²) in [4.78, 5) is 12.2. The van der Waals surface area contributed by atoms with E-state index in [9.17, 15) is 4.79 Å². The third-order valence-corrected chi connectivity index (χ3v) is 3.70. The van der Waals surface area contributed by atoms with E-state index < -0.39 is 6.10 Å². The van der Waals surface area contributed by atoms with E-state index in [4.69, 9.17) is 21.1 Å². The second-order valence-electron chi connectivity index (χ2n) is 5.10. The molecule has 2 rings (SSSR count). The van der Waals surface area contributed by atoms with E-state index in [1.165, 1.54) is 0 Å². The number of methoxy groups -OCH3 is 1. The van der Waals surface area contributed by atoms with Crippen LogP contribution in [0.4, 0.5) is 5.69 Å². The quantitative estimate of drug-likeness (QED) is 0.856. The van der Waals surface area contributed by atoms with Crippen LogP contribution in [0.1, 0.15) is 19.4 Å². The average Bonchev–Trinajstić information content (AvgIpc) is 2.55. The largest absolute Gasteiger partial charge is 0.495 e. The maximum Gasteiger partial charge on any atom is 0.265 e. The Morgan fingerprint density at radius 2 is 2.04 bits per heavy atom. The number of aryl methyl sites for hydroxylation is 1. The van der Waals surface area contributed by atoms with Crippen LogP contribution in [-0.2, 0) is 11.2 Å². The predicted octanol–water partition coefficient (Wildman–Crippen LogP) is 4.32. The Hall–Kier alpha value is -2.20. The molecule has 1 atom stereocenters. The molecule has 0 heterocycles. The van der Waals surface area contributed by atoms with Gasteiger partial charge in [0.2, 0.25) is 0 Å². The molecule has 0 bridgehead atoms. The molecule has 0 saturated carbocycles. The molecule has 2 aromatic carbocycles. The van der Waals surface area contributed by atoms with Gasteiger partial charge in [0.05, 0.1) is 12.1 Å². The molecular formula is C18H20ClNO3. The molecule has 0 saturated heterocycles. The van der Waals surface area contributed by atoms with E-state index in [-0.39, 0.29) is 5.91 Å². The van der Waals surface area contributed by atoms with E-state index in [1.54, 1.807) is 32.2 Å². The molecule has 0 aliphatic carbocycles. The van der Waals surface area contributed by atoms with Gasteiger partial charge in [0.25, 0.3) is 5.91 Å². The van der Waals surface area contributed by atoms with Gasteiger partial charge in [0.15, 0.2) is 6.10 Å². The number of nitrogens with one attached hydrogen (secondary N) is 1. The van der Waals surface area contributed by atoms with E-state index in [1.807, 2.05) is 24.3 Å². The van der Waals surface area contributed by atoms with Gasteiger partial charge in [-0.25, -0.2) is 0 Å². The van der Waals surface area contributed by atoms with Gasteiger partial charge >= 0.3 is 0 Å². The summed E-state index contributed by atoms with van der Waals surface area (Å²) in [6, 6.07) is 12.8. The van der Waals surface area contributed by atoms with Crippen molar-refractivity contribution in [1.29, 1.82) is 0 Å². The van der Waals surface area contributed by atoms with Crippen molar-refractivity contribution in [3.63, 3.8) is 0 Å². The summed E-state index contributed by atoms with van der Waals surface area (Å²) in [5, 5.41) is 3.22. The highest BCUT2D eigenvalue weighted by Crippen LogP contribution is 2.27. The Kier molecular flexibility index (Phi) is 5.88. The van der Waals surface area contributed by atoms with Crippen LogP contribution in [0.2, 0.25) is 5.02 Å². The van der Waals surface area contributed by atoms with Crippen molar-refractivity contribution in [2.45, 2.75) is 26.4 Å². The monoisotopic (exact) mass is 333 g/mol. The first kappa shape index (κ1) is 17.2. The number of anilines is 1. The molecule has 0 aliphatic rings. The lowest BCUT2D eigenvalue weighted by Gasteiger charge is -2.15. The molecule has 23 heavy (non-hydrogen) atoms. The number of ether oxygens (including phenoxy) is 2. The minimum absolute atomic E-state index is 0.242. The number of hydrogen-bond acceptors (Lipinski definition) is 3. The number of carbonyl (C=O) groups excluding carboxylic acids is 1. The van der Waals surface area contributed by atoms with Crippen molar-refractivity contribution < 1.29 is 14.3 Å². The fourth-order valence-corrected chi connectivity index (χ4v) is 2.34. The number of carbonyl (C=O) groups is 1. The fourth-order valence-electron chi connectivity index (χ4n) is 2.08. The number of rotatable bonds is 6. The number of hydrogen-bond donors (Lipinski definition) is 1. The van der Waals surface area contributed by atoms with Crippen LogP contribution in [0.15, 0.2) is 42.5 Å². The molecular weight excluding hydrogens is 314 g/mol. The first-order chi connectivity index (χ1) is 11.0. The lowest BCUT2D eigenvalue weighted by Crippen LogP contribution is -2.30. The summed E-state index contributed by atoms with van der Waals surface area (Å²) in [7, 11) is 1.54. The highest BCUT2D eigenvalue weighted by atomic mass is 35.5. The molecule has 122 valence electrons. The van der Waals surface area contributed by atoms with Crippen molar-refractivity contribution in [3.8, 4) is 11.5 Å². The summed E-state index contributed by atoms with van der Waals surface area (Å²) < 4.78 is 10.8. The van der Waals surface area contributed by atoms with E-state index in [0.29, 0.717) is 22.2 Å². The topological polar surface area (TPSA) is 47.6 Å². The second-order valence-corrected chi connectivity index (χ2v) is 5.51. The molecule has 5 heteroatoms. The summed E-state index contributed by atoms with van der Waals surface area (Å²) in [5.41, 5.74) is 1.76. The number of amides is 1. The first-order valence-electron chi connectivity index (χ1n) is 7.43. The van der Waals surface area contributed by atoms with Gasteiger partial charge in [-0.15, -0.1) is 0 Å². The molecule has 0 spiro atoms. The molecule has 1 unspecified atom stereocenters. The van der Waals surface area contributed by atoms with Gasteiger partial charge in [-0.1, -0.05) is 30.7 Å². The lowest BCUT2D eigenvalue weighted by molar-refractivity contribution is -0.122. The SMILES string of the molecule is CCc1cccc(OC(C)C(=O)Nc2ccc(OC)c(Cl)c2)c1. The molecule has 0 aromatic heterocycles. The molecule has 1 N–H and O–H groups in total. The molecule has 0 radical (unpaired) electrons. The van der Waals surface area contributed by atoms with Crippen molar-refractivity contribution in [3.05, 3.63) is 53.1 Å². The highest BCUT2D eigenvalue weighted by molar-refractivity contribution is 6.32. The van der Waals surface area contributed by atoms with E-state index in [2.05, 4.69) is 12.2 Å². The van der Waals surface area contributed by atoms with E-state index >= 15 is 0 Å². The third-order valence-electron chi connectivity index (χ3n) is 3.41. The van der Waals surface area contributed by atoms with Crippen molar-refractivity contribution in [2.24, 2.45) is 0 Å². The molecule has 4 nitrogen and oxygen atoms in total. The van der Waals surface area contributed by atoms with Crippen LogP contribution in [0.5, 0.6) is 11.5 Å². The maximum absolute atomic E-state index is 12.2. The Balaban J connectivity index is 2.00. The number of halogens is 1. The fraction of sp³-hybridized carbons (Fsp3) is 0.278. The van der Waals surface area contributed by atoms with Crippen LogP contribution in [-0.4, -0.2) is 19.1 Å². The van der Waals surface area contributed by atoms with Crippen LogP contribution >= 0.6 is 11.6 Å². The van der Waals surface area contributed by atoms with Gasteiger partial charge in [-0.3, -0.25) is 4.79 Å². The zero-order chi connectivity index (χ0) is 16.8. The van der Waals surface area contributed by atoms with E-state index in [0.717, 1.165) is 12.0 Å². The summed E-state index contributed by atoms with van der Waals surface area (Å²) >= 11 is 6.05. The molecule has 0 aliphatic heterocycles. The highest BCUT2D eigenvalue weighted by Gasteiger charge is 2.15. The van der Waals surface area contributed by atoms with Crippen molar-refractivity contribution >= 4 is 23.2 Å². The van der Waals surface area contributed by atoms with Crippen LogP contribution in [0.25, 0.3) is 0 Å². The van der Waals surface area contributed by atoms with Crippen molar-refractivity contribution in [1.82, 2.24) is 0 Å². The van der Waals surface area contributed by atoms with Gasteiger partial charge in [0.1, 0.15) is 11.5 Å². The Labute approximate surface area is 141 Å². The zero-order valence-electron chi connectivity index (χ0n) is 13.4. The molecule has 2 aromatic rings. The first-order valence-corrected chi connectivity index (χ1v) is 7.81. The van der Waals surface area contributed by atoms with Gasteiger partial charge < -0.3 is 14.8 Å². The van der Waals surface area contributed by atoms with Gasteiger partial charge in [0, 0.05) is 5.69 Å². The summed E-state index contributed by atoms with van der Waals surface area (Å²) in [6.45, 7) is 3.78. The summed E-state index contributed by atoms with van der Waals surface area (Å²) in [6.07, 6.45) is 0.297. The Morgan fingerprint density at radius 1 is 1.26 bits per heavy atom. The average molecular weight is 334 g/mol. The summed E-state index contributed by atoms with van der Waals surface area (Å²) in [5.74, 6) is 0.998. The normalized spacial score (nSPS) is 11.7. The standard InChI is InChI=1S/C18H20ClNO3/c1-4-13-6-5-7-15(10-13)23-12(2)18(21)20-14-8-9-17(22-3)16(19)11-14/h5-12H,4H2,1-3H3,(H,20,21). The Bertz CT molecular complexity index is 688.